The van der Waals surface area contributed by atoms with Crippen LogP contribution in [0.15, 0.2) is 51.7 Å². The molecule has 1 atom stereocenters. The van der Waals surface area contributed by atoms with E-state index >= 15 is 0 Å². The lowest BCUT2D eigenvalue weighted by atomic mass is 9.86. The van der Waals surface area contributed by atoms with Gasteiger partial charge in [0.2, 0.25) is 5.76 Å². The molecule has 6 heteroatoms. The number of fused-ring (bicyclic) bond motifs is 2. The summed E-state index contributed by atoms with van der Waals surface area (Å²) in [5, 5.41) is 0.531. The van der Waals surface area contributed by atoms with Gasteiger partial charge in [0.1, 0.15) is 5.58 Å². The summed E-state index contributed by atoms with van der Waals surface area (Å²) >= 11 is 0. The number of nitrogens with zero attached hydrogens (tertiary/aromatic N) is 2. The van der Waals surface area contributed by atoms with Crippen molar-refractivity contribution < 1.29 is 13.9 Å². The number of morpholine rings is 1. The second-order valence-corrected chi connectivity index (χ2v) is 10.8. The highest BCUT2D eigenvalue weighted by atomic mass is 16.5. The van der Waals surface area contributed by atoms with Crippen molar-refractivity contribution in [1.29, 1.82) is 0 Å². The fourth-order valence-electron chi connectivity index (χ4n) is 5.17. The number of carbonyl (C=O) groups is 1. The predicted octanol–water partition coefficient (Wildman–Crippen LogP) is 4.67. The fourth-order valence-corrected chi connectivity index (χ4v) is 5.17. The Kier molecular flexibility index (Phi) is 6.28. The third kappa shape index (κ3) is 4.53. The first kappa shape index (κ1) is 23.8. The van der Waals surface area contributed by atoms with E-state index in [-0.39, 0.29) is 22.5 Å². The number of benzene rings is 2. The average Bonchev–Trinajstić information content (AvgIpc) is 3.12. The Morgan fingerprint density at radius 1 is 0.971 bits per heavy atom. The van der Waals surface area contributed by atoms with E-state index in [1.165, 1.54) is 5.56 Å². The van der Waals surface area contributed by atoms with Crippen LogP contribution in [0.2, 0.25) is 0 Å². The van der Waals surface area contributed by atoms with Gasteiger partial charge < -0.3 is 14.1 Å². The van der Waals surface area contributed by atoms with Crippen LogP contribution in [-0.2, 0) is 10.2 Å². The highest BCUT2D eigenvalue weighted by Crippen LogP contribution is 2.39. The molecule has 1 unspecified atom stereocenters. The molecule has 0 N–H and O–H groups in total. The van der Waals surface area contributed by atoms with E-state index in [1.807, 2.05) is 24.0 Å². The number of hydrogen-bond donors (Lipinski definition) is 0. The molecule has 0 aliphatic carbocycles. The Labute approximate surface area is 206 Å². The van der Waals surface area contributed by atoms with E-state index in [2.05, 4.69) is 49.9 Å². The Balaban J connectivity index is 1.54. The van der Waals surface area contributed by atoms with Crippen LogP contribution in [0.4, 0.5) is 0 Å². The highest BCUT2D eigenvalue weighted by molar-refractivity contribution is 5.99. The van der Waals surface area contributed by atoms with Crippen LogP contribution in [0.1, 0.15) is 66.0 Å². The molecule has 1 saturated heterocycles. The van der Waals surface area contributed by atoms with Gasteiger partial charge in [-0.1, -0.05) is 56.7 Å². The van der Waals surface area contributed by atoms with Gasteiger partial charge in [-0.2, -0.15) is 0 Å². The van der Waals surface area contributed by atoms with Crippen molar-refractivity contribution in [3.05, 3.63) is 80.7 Å². The first-order chi connectivity index (χ1) is 16.7. The molecule has 0 saturated carbocycles. The summed E-state index contributed by atoms with van der Waals surface area (Å²) in [6.45, 7) is 13.3. The molecule has 0 bridgehead atoms. The quantitative estimate of drug-likeness (QED) is 0.538. The molecule has 3 aromatic rings. The van der Waals surface area contributed by atoms with Gasteiger partial charge in [-0.25, -0.2) is 0 Å². The van der Waals surface area contributed by atoms with Crippen molar-refractivity contribution in [3.63, 3.8) is 0 Å². The normalized spacial score (nSPS) is 18.9. The van der Waals surface area contributed by atoms with E-state index in [9.17, 15) is 9.59 Å². The largest absolute Gasteiger partial charge is 0.450 e. The van der Waals surface area contributed by atoms with E-state index in [0.717, 1.165) is 50.4 Å². The minimum absolute atomic E-state index is 0.0204. The zero-order valence-electron chi connectivity index (χ0n) is 21.1. The molecule has 184 valence electrons. The zero-order chi connectivity index (χ0) is 24.7. The number of aryl methyl sites for hydroxylation is 1. The Hall–Kier alpha value is -2.96. The summed E-state index contributed by atoms with van der Waals surface area (Å²) in [5.74, 6) is -0.0194. The average molecular weight is 475 g/mol. The molecule has 2 aliphatic heterocycles. The molecule has 2 aromatic carbocycles. The van der Waals surface area contributed by atoms with Crippen LogP contribution < -0.4 is 5.43 Å². The fraction of sp³-hybridized carbons (Fsp3) is 0.448. The van der Waals surface area contributed by atoms with Crippen LogP contribution in [0.25, 0.3) is 11.0 Å². The lowest BCUT2D eigenvalue weighted by molar-refractivity contribution is 0.0353. The first-order valence-corrected chi connectivity index (χ1v) is 12.5. The summed E-state index contributed by atoms with van der Waals surface area (Å²) in [5.41, 5.74) is 3.97. The van der Waals surface area contributed by atoms with Crippen molar-refractivity contribution in [1.82, 2.24) is 9.80 Å². The van der Waals surface area contributed by atoms with Crippen molar-refractivity contribution >= 4 is 16.9 Å². The van der Waals surface area contributed by atoms with Gasteiger partial charge in [-0.05, 0) is 42.0 Å². The number of rotatable bonds is 5. The van der Waals surface area contributed by atoms with Crippen molar-refractivity contribution in [2.45, 2.75) is 45.6 Å². The van der Waals surface area contributed by atoms with Gasteiger partial charge in [0, 0.05) is 26.2 Å². The summed E-state index contributed by atoms with van der Waals surface area (Å²) in [6.07, 6.45) is 0.823. The van der Waals surface area contributed by atoms with Crippen LogP contribution >= 0.6 is 0 Å². The lowest BCUT2D eigenvalue weighted by Gasteiger charge is -2.29. The molecule has 1 aromatic heterocycles. The van der Waals surface area contributed by atoms with Gasteiger partial charge in [0.15, 0.2) is 5.43 Å². The molecule has 6 nitrogen and oxygen atoms in total. The second kappa shape index (κ2) is 9.25. The zero-order valence-corrected chi connectivity index (χ0v) is 21.1. The minimum Gasteiger partial charge on any atom is -0.450 e. The number of carbonyl (C=O) groups excluding carboxylic acids is 1. The van der Waals surface area contributed by atoms with E-state index in [4.69, 9.17) is 9.15 Å². The van der Waals surface area contributed by atoms with Gasteiger partial charge in [0.25, 0.3) is 5.91 Å². The molecular weight excluding hydrogens is 440 g/mol. The highest BCUT2D eigenvalue weighted by Gasteiger charge is 2.42. The summed E-state index contributed by atoms with van der Waals surface area (Å²) in [6, 6.07) is 13.4. The maximum absolute atomic E-state index is 13.7. The number of hydrogen-bond acceptors (Lipinski definition) is 5. The SMILES string of the molecule is Cc1ccc2oc3c(c(=O)c2c1)C(c1ccc(C(C)(C)C)cc1)N(CCCN1CCOCC1)C3=O. The molecule has 0 radical (unpaired) electrons. The van der Waals surface area contributed by atoms with Crippen LogP contribution in [0.3, 0.4) is 0 Å². The van der Waals surface area contributed by atoms with Crippen molar-refractivity contribution in [2.75, 3.05) is 39.4 Å². The van der Waals surface area contributed by atoms with E-state index in [1.54, 1.807) is 6.07 Å². The summed E-state index contributed by atoms with van der Waals surface area (Å²) < 4.78 is 11.5. The van der Waals surface area contributed by atoms with Gasteiger partial charge >= 0.3 is 0 Å². The maximum Gasteiger partial charge on any atom is 0.290 e. The van der Waals surface area contributed by atoms with Crippen LogP contribution in [0, 0.1) is 6.92 Å². The molecule has 1 fully saturated rings. The number of amides is 1. The van der Waals surface area contributed by atoms with E-state index in [0.29, 0.717) is 23.1 Å². The second-order valence-electron chi connectivity index (χ2n) is 10.8. The van der Waals surface area contributed by atoms with Crippen molar-refractivity contribution in [2.24, 2.45) is 0 Å². The molecule has 1 amide bonds. The van der Waals surface area contributed by atoms with Crippen LogP contribution in [0.5, 0.6) is 0 Å². The molecule has 35 heavy (non-hydrogen) atoms. The first-order valence-electron chi connectivity index (χ1n) is 12.5. The third-order valence-corrected chi connectivity index (χ3v) is 7.19. The topological polar surface area (TPSA) is 63.0 Å². The summed E-state index contributed by atoms with van der Waals surface area (Å²) in [7, 11) is 0. The Bertz CT molecular complexity index is 1300. The maximum atomic E-state index is 13.7. The molecular formula is C29H34N2O4. The smallest absolute Gasteiger partial charge is 0.290 e. The monoisotopic (exact) mass is 474 g/mol. The Morgan fingerprint density at radius 3 is 2.37 bits per heavy atom. The number of ether oxygens (including phenoxy) is 1. The molecule has 5 rings (SSSR count). The predicted molar refractivity (Wildman–Crippen MR) is 137 cm³/mol. The van der Waals surface area contributed by atoms with Gasteiger partial charge in [-0.15, -0.1) is 0 Å². The van der Waals surface area contributed by atoms with E-state index < -0.39 is 6.04 Å². The van der Waals surface area contributed by atoms with Crippen molar-refractivity contribution in [3.8, 4) is 0 Å². The third-order valence-electron chi connectivity index (χ3n) is 7.19. The lowest BCUT2D eigenvalue weighted by Crippen LogP contribution is -2.38. The molecule has 2 aliphatic rings. The summed E-state index contributed by atoms with van der Waals surface area (Å²) in [4.78, 5) is 31.5. The minimum atomic E-state index is -0.447. The van der Waals surface area contributed by atoms with Gasteiger partial charge in [0.05, 0.1) is 30.2 Å². The standard InChI is InChI=1S/C29H34N2O4/c1-19-6-11-23-22(18-19)26(32)24-25(20-7-9-21(10-8-20)29(2,3)4)31(28(33)27(24)35-23)13-5-12-30-14-16-34-17-15-30/h6-11,18,25H,5,12-17H2,1-4H3. The van der Waals surface area contributed by atoms with Gasteiger partial charge in [-0.3, -0.25) is 14.5 Å². The molecule has 3 heterocycles. The Morgan fingerprint density at radius 2 is 1.69 bits per heavy atom. The van der Waals surface area contributed by atoms with Crippen LogP contribution in [-0.4, -0.2) is 55.1 Å². The molecule has 0 spiro atoms.